The first-order valence-corrected chi connectivity index (χ1v) is 8.90. The highest BCUT2D eigenvalue weighted by Crippen LogP contribution is 2.27. The summed E-state index contributed by atoms with van der Waals surface area (Å²) in [5, 5.41) is 7.86. The van der Waals surface area contributed by atoms with Gasteiger partial charge in [-0.3, -0.25) is 4.79 Å². The average molecular weight is 370 g/mol. The summed E-state index contributed by atoms with van der Waals surface area (Å²) in [7, 11) is 1.56. The van der Waals surface area contributed by atoms with Crippen molar-refractivity contribution in [3.8, 4) is 5.75 Å². The maximum absolute atomic E-state index is 12.4. The fraction of sp³-hybridized carbons (Fsp3) is 0.190. The number of quaternary nitrogens is 1. The largest absolute Gasteiger partial charge is 0.495 e. The zero-order valence-corrected chi connectivity index (χ0v) is 15.6. The molecule has 4 nitrogen and oxygen atoms in total. The van der Waals surface area contributed by atoms with E-state index in [0.717, 1.165) is 0 Å². The number of nitrogens with one attached hydrogen (secondary N) is 1. The number of benzene rings is 3. The van der Waals surface area contributed by atoms with E-state index in [0.29, 0.717) is 23.0 Å². The fourth-order valence-corrected chi connectivity index (χ4v) is 3.21. The predicted octanol–water partition coefficient (Wildman–Crippen LogP) is 3.76. The van der Waals surface area contributed by atoms with Crippen molar-refractivity contribution in [1.29, 1.82) is 0 Å². The normalized spacial score (nSPS) is 12.0. The molecule has 3 aromatic carbocycles. The van der Waals surface area contributed by atoms with Crippen LogP contribution < -0.4 is 15.4 Å². The van der Waals surface area contributed by atoms with Gasteiger partial charge in [-0.2, -0.15) is 0 Å². The minimum absolute atomic E-state index is 0.0994. The Hall–Kier alpha value is -2.56. The van der Waals surface area contributed by atoms with Crippen LogP contribution in [-0.2, 0) is 4.79 Å². The summed E-state index contributed by atoms with van der Waals surface area (Å²) in [6.45, 7) is 2.41. The maximum Gasteiger partial charge on any atom is 0.279 e. The van der Waals surface area contributed by atoms with E-state index in [1.54, 1.807) is 25.3 Å². The van der Waals surface area contributed by atoms with Gasteiger partial charge in [0.2, 0.25) is 0 Å². The molecule has 0 aromatic heterocycles. The first kappa shape index (κ1) is 18.2. The van der Waals surface area contributed by atoms with Gasteiger partial charge < -0.3 is 15.4 Å². The second-order valence-electron chi connectivity index (χ2n) is 6.19. The molecule has 3 aromatic rings. The van der Waals surface area contributed by atoms with Crippen LogP contribution in [0.3, 0.4) is 0 Å². The smallest absolute Gasteiger partial charge is 0.279 e. The van der Waals surface area contributed by atoms with Crippen molar-refractivity contribution in [2.45, 2.75) is 13.0 Å². The van der Waals surface area contributed by atoms with E-state index >= 15 is 0 Å². The van der Waals surface area contributed by atoms with Crippen molar-refractivity contribution in [2.75, 3.05) is 19.0 Å². The third-order valence-corrected chi connectivity index (χ3v) is 4.64. The molecule has 134 valence electrons. The summed E-state index contributed by atoms with van der Waals surface area (Å²) < 4.78 is 5.26. The Bertz CT molecular complexity index is 922. The summed E-state index contributed by atoms with van der Waals surface area (Å²) in [4.78, 5) is 12.4. The second-order valence-corrected chi connectivity index (χ2v) is 6.63. The summed E-state index contributed by atoms with van der Waals surface area (Å²) in [5.74, 6) is 0.488. The number of hydrogen-bond acceptors (Lipinski definition) is 2. The molecule has 26 heavy (non-hydrogen) atoms. The zero-order valence-electron chi connectivity index (χ0n) is 14.8. The van der Waals surface area contributed by atoms with Crippen LogP contribution in [0.5, 0.6) is 5.75 Å². The van der Waals surface area contributed by atoms with E-state index in [1.165, 1.54) is 16.3 Å². The Labute approximate surface area is 158 Å². The zero-order chi connectivity index (χ0) is 18.5. The molecule has 0 saturated carbocycles. The van der Waals surface area contributed by atoms with Crippen molar-refractivity contribution >= 4 is 34.0 Å². The minimum Gasteiger partial charge on any atom is -0.495 e. The number of amides is 1. The molecular weight excluding hydrogens is 348 g/mol. The number of anilines is 1. The molecule has 0 unspecified atom stereocenters. The predicted molar refractivity (Wildman–Crippen MR) is 106 cm³/mol. The van der Waals surface area contributed by atoms with Crippen molar-refractivity contribution in [3.63, 3.8) is 0 Å². The number of carbonyl (C=O) groups is 1. The summed E-state index contributed by atoms with van der Waals surface area (Å²) in [5.41, 5.74) is 1.80. The molecule has 0 aliphatic rings. The molecule has 3 N–H and O–H groups in total. The molecule has 0 aliphatic heterocycles. The van der Waals surface area contributed by atoms with Gasteiger partial charge in [-0.05, 0) is 35.9 Å². The van der Waals surface area contributed by atoms with Gasteiger partial charge in [0, 0.05) is 10.6 Å². The Morgan fingerprint density at radius 3 is 2.73 bits per heavy atom. The number of fused-ring (bicyclic) bond motifs is 1. The molecule has 0 spiro atoms. The number of carbonyl (C=O) groups excluding carboxylic acids is 1. The maximum atomic E-state index is 12.4. The molecule has 0 saturated heterocycles. The number of hydrogen-bond donors (Lipinski definition) is 2. The van der Waals surface area contributed by atoms with Gasteiger partial charge in [-0.25, -0.2) is 0 Å². The second kappa shape index (κ2) is 8.21. The van der Waals surface area contributed by atoms with Crippen LogP contribution in [0.25, 0.3) is 10.8 Å². The van der Waals surface area contributed by atoms with Crippen molar-refractivity contribution in [3.05, 3.63) is 71.2 Å². The van der Waals surface area contributed by atoms with E-state index in [2.05, 4.69) is 42.6 Å². The highest BCUT2D eigenvalue weighted by Gasteiger charge is 2.15. The summed E-state index contributed by atoms with van der Waals surface area (Å²) in [6, 6.07) is 19.9. The Balaban J connectivity index is 1.67. The third kappa shape index (κ3) is 4.15. The number of ether oxygens (including phenoxy) is 1. The Morgan fingerprint density at radius 2 is 1.92 bits per heavy atom. The first-order chi connectivity index (χ1) is 12.6. The van der Waals surface area contributed by atoms with Crippen molar-refractivity contribution in [2.24, 2.45) is 0 Å². The minimum atomic E-state index is -0.0994. The number of nitrogens with two attached hydrogens (primary N) is 1. The average Bonchev–Trinajstić information content (AvgIpc) is 2.66. The third-order valence-electron chi connectivity index (χ3n) is 4.41. The molecule has 0 bridgehead atoms. The number of methoxy groups -OCH3 is 1. The Kier molecular flexibility index (Phi) is 5.76. The van der Waals surface area contributed by atoms with Crippen LogP contribution in [0.1, 0.15) is 18.5 Å². The van der Waals surface area contributed by atoms with Gasteiger partial charge in [0.1, 0.15) is 11.8 Å². The van der Waals surface area contributed by atoms with Gasteiger partial charge >= 0.3 is 0 Å². The highest BCUT2D eigenvalue weighted by atomic mass is 35.5. The van der Waals surface area contributed by atoms with Gasteiger partial charge in [0.15, 0.2) is 6.54 Å². The molecule has 1 amide bonds. The molecule has 3 rings (SSSR count). The molecule has 1 atom stereocenters. The van der Waals surface area contributed by atoms with Gasteiger partial charge in [-0.1, -0.05) is 54.1 Å². The molecule has 5 heteroatoms. The van der Waals surface area contributed by atoms with Crippen LogP contribution >= 0.6 is 11.6 Å². The quantitative estimate of drug-likeness (QED) is 0.695. The van der Waals surface area contributed by atoms with Gasteiger partial charge in [0.05, 0.1) is 12.8 Å². The summed E-state index contributed by atoms with van der Waals surface area (Å²) in [6.07, 6.45) is 0. The lowest BCUT2D eigenvalue weighted by Gasteiger charge is -2.14. The van der Waals surface area contributed by atoms with E-state index < -0.39 is 0 Å². The van der Waals surface area contributed by atoms with Crippen LogP contribution in [0.4, 0.5) is 5.69 Å². The van der Waals surface area contributed by atoms with E-state index in [-0.39, 0.29) is 11.9 Å². The number of rotatable bonds is 6. The Morgan fingerprint density at radius 1 is 1.15 bits per heavy atom. The molecular formula is C21H22ClN2O2+. The molecule has 0 radical (unpaired) electrons. The first-order valence-electron chi connectivity index (χ1n) is 8.53. The van der Waals surface area contributed by atoms with Crippen LogP contribution in [0, 0.1) is 0 Å². The van der Waals surface area contributed by atoms with E-state index in [4.69, 9.17) is 16.3 Å². The summed E-state index contributed by atoms with van der Waals surface area (Å²) >= 11 is 6.01. The van der Waals surface area contributed by atoms with Crippen molar-refractivity contribution in [1.82, 2.24) is 0 Å². The topological polar surface area (TPSA) is 54.9 Å². The van der Waals surface area contributed by atoms with Gasteiger partial charge in [-0.15, -0.1) is 0 Å². The van der Waals surface area contributed by atoms with Crippen LogP contribution in [0.15, 0.2) is 60.7 Å². The lowest BCUT2D eigenvalue weighted by molar-refractivity contribution is -0.682. The molecule has 0 heterocycles. The van der Waals surface area contributed by atoms with E-state index in [9.17, 15) is 4.79 Å². The lowest BCUT2D eigenvalue weighted by atomic mass is 10.00. The fourth-order valence-electron chi connectivity index (χ4n) is 3.04. The van der Waals surface area contributed by atoms with Crippen LogP contribution in [0.2, 0.25) is 5.02 Å². The SMILES string of the molecule is COc1ccc(Cl)cc1NC(=O)C[NH2+][C@@H](C)c1cccc2ccccc12. The van der Waals surface area contributed by atoms with E-state index in [1.807, 2.05) is 17.4 Å². The monoisotopic (exact) mass is 369 g/mol. The standard InChI is InChI=1S/C21H21ClN2O2/c1-14(17-9-5-7-15-6-3-4-8-18(15)17)23-13-21(25)24-19-12-16(22)10-11-20(19)26-2/h3-12,14,23H,13H2,1-2H3,(H,24,25)/p+1/t14-/m0/s1. The van der Waals surface area contributed by atoms with Crippen LogP contribution in [-0.4, -0.2) is 19.6 Å². The molecule has 0 fully saturated rings. The van der Waals surface area contributed by atoms with Gasteiger partial charge in [0.25, 0.3) is 5.91 Å². The lowest BCUT2D eigenvalue weighted by Crippen LogP contribution is -2.86. The highest BCUT2D eigenvalue weighted by molar-refractivity contribution is 6.31. The van der Waals surface area contributed by atoms with Crippen molar-refractivity contribution < 1.29 is 14.8 Å². The number of halogens is 1. The molecule has 0 aliphatic carbocycles.